The Morgan fingerprint density at radius 3 is 1.29 bits per heavy atom. The van der Waals surface area contributed by atoms with Gasteiger partial charge in [0.1, 0.15) is 0 Å². The van der Waals surface area contributed by atoms with Crippen molar-refractivity contribution in [1.29, 1.82) is 10.5 Å². The molecule has 0 fully saturated rings. The molecule has 276 valence electrons. The largest absolute Gasteiger partial charge is 0.573 e. The van der Waals surface area contributed by atoms with E-state index in [1.54, 1.807) is 12.1 Å². The van der Waals surface area contributed by atoms with Crippen LogP contribution in [-0.2, 0) is 12.8 Å². The minimum atomic E-state index is -5.74. The molecule has 0 bridgehead atoms. The maximum atomic E-state index is 15.6. The Bertz CT molecular complexity index is 2890. The zero-order valence-corrected chi connectivity index (χ0v) is 27.7. The molecule has 0 aliphatic heterocycles. The van der Waals surface area contributed by atoms with Gasteiger partial charge in [-0.25, -0.2) is 46.6 Å². The number of ether oxygens (including phenoxy) is 1. The van der Waals surface area contributed by atoms with Gasteiger partial charge in [0, 0.05) is 10.8 Å². The van der Waals surface area contributed by atoms with Crippen molar-refractivity contribution in [3.63, 3.8) is 0 Å². The van der Waals surface area contributed by atoms with Gasteiger partial charge in [0.2, 0.25) is 17.4 Å². The number of halogens is 11. The number of nitrogens with zero attached hydrogens (tertiary/aromatic N) is 4. The van der Waals surface area contributed by atoms with E-state index >= 15 is 17.6 Å². The smallest absolute Gasteiger partial charge is 0.399 e. The quantitative estimate of drug-likeness (QED) is 0.102. The Kier molecular flexibility index (Phi) is 8.63. The van der Waals surface area contributed by atoms with Crippen LogP contribution in [0.5, 0.6) is 5.75 Å². The molecule has 7 rings (SSSR count). The average molecular weight is 775 g/mol. The second kappa shape index (κ2) is 13.0. The molecule has 2 aliphatic carbocycles. The van der Waals surface area contributed by atoms with Crippen molar-refractivity contribution in [2.24, 2.45) is 0 Å². The highest BCUT2D eigenvalue weighted by molar-refractivity contribution is 5.96. The molecule has 0 radical (unpaired) electrons. The summed E-state index contributed by atoms with van der Waals surface area (Å²) in [5.74, 6) is -18.7. The predicted molar refractivity (Wildman–Crippen MR) is 175 cm³/mol. The monoisotopic (exact) mass is 774 g/mol. The summed E-state index contributed by atoms with van der Waals surface area (Å²) in [6.45, 7) is 16.5. The van der Waals surface area contributed by atoms with Gasteiger partial charge in [0.25, 0.3) is 11.4 Å². The lowest BCUT2D eigenvalue weighted by Crippen LogP contribution is -2.25. The maximum absolute atomic E-state index is 15.6. The van der Waals surface area contributed by atoms with Gasteiger partial charge in [0.05, 0.1) is 36.4 Å². The van der Waals surface area contributed by atoms with E-state index in [9.17, 15) is 41.3 Å². The molecule has 5 aromatic carbocycles. The van der Waals surface area contributed by atoms with Gasteiger partial charge in [-0.2, -0.15) is 8.78 Å². The van der Waals surface area contributed by atoms with E-state index in [-0.39, 0.29) is 60.5 Å². The summed E-state index contributed by atoms with van der Waals surface area (Å²) in [4.78, 5) is 6.65. The van der Waals surface area contributed by atoms with Gasteiger partial charge in [-0.15, -0.1) is 13.2 Å². The Labute approximate surface area is 307 Å². The fourth-order valence-electron chi connectivity index (χ4n) is 7.48. The molecule has 0 heterocycles. The fraction of sp³-hybridized carbons (Fsp3) is 0.100. The number of rotatable bonds is 3. The van der Waals surface area contributed by atoms with E-state index in [1.165, 1.54) is 18.2 Å². The third-order valence-corrected chi connectivity index (χ3v) is 9.68. The Balaban J connectivity index is 1.62. The normalized spacial score (nSPS) is 13.4. The van der Waals surface area contributed by atoms with Crippen molar-refractivity contribution < 1.29 is 53.0 Å². The molecule has 16 heteroatoms. The van der Waals surface area contributed by atoms with E-state index in [4.69, 9.17) is 13.1 Å². The standard InChI is InChI=1S/C40H13F11N4O/c1-14-31(41)33(43)28(34(44)32(14)42)17-8-4-6-15-19(17)10-21-25(23(12-52)54-2)22-11-20-16(27(22)30(26(15)21)24(13-53)55-3)7-5-9-18(20)29-35(45)37(47)39(38(48)36(29)46)56-40(49,50)51/h4-9H,10-11H2,1H3/b25-23+,30-24+. The van der Waals surface area contributed by atoms with E-state index in [0.29, 0.717) is 0 Å². The summed E-state index contributed by atoms with van der Waals surface area (Å²) in [7, 11) is 0. The first-order chi connectivity index (χ1) is 26.5. The van der Waals surface area contributed by atoms with E-state index in [2.05, 4.69) is 14.4 Å². The van der Waals surface area contributed by atoms with Crippen LogP contribution in [0.1, 0.15) is 27.8 Å². The summed E-state index contributed by atoms with van der Waals surface area (Å²) in [6.07, 6.45) is -6.67. The van der Waals surface area contributed by atoms with E-state index < -0.39 is 105 Å². The Hall–Kier alpha value is -7.17. The maximum Gasteiger partial charge on any atom is 0.573 e. The summed E-state index contributed by atoms with van der Waals surface area (Å²) in [6, 6.07) is 10.7. The molecule has 0 aromatic heterocycles. The minimum Gasteiger partial charge on any atom is -0.399 e. The van der Waals surface area contributed by atoms with Crippen LogP contribution in [0.2, 0.25) is 0 Å². The minimum absolute atomic E-state index is 0.0110. The molecule has 0 amide bonds. The van der Waals surface area contributed by atoms with Crippen LogP contribution in [-0.4, -0.2) is 6.36 Å². The van der Waals surface area contributed by atoms with E-state index in [0.717, 1.165) is 25.1 Å². The molecule has 0 saturated heterocycles. The van der Waals surface area contributed by atoms with Crippen LogP contribution in [0.15, 0.2) is 36.4 Å². The van der Waals surface area contributed by atoms with Gasteiger partial charge in [-0.1, -0.05) is 36.4 Å². The summed E-state index contributed by atoms with van der Waals surface area (Å²) < 4.78 is 163. The summed E-state index contributed by atoms with van der Waals surface area (Å²) in [5.41, 5.74) is -5.82. The average Bonchev–Trinajstić information content (AvgIpc) is 3.75. The first-order valence-electron chi connectivity index (χ1n) is 15.7. The highest BCUT2D eigenvalue weighted by Crippen LogP contribution is 2.48. The molecule has 2 aliphatic rings. The van der Waals surface area contributed by atoms with Crippen molar-refractivity contribution in [2.45, 2.75) is 26.1 Å². The Morgan fingerprint density at radius 2 is 0.929 bits per heavy atom. The third-order valence-electron chi connectivity index (χ3n) is 9.68. The van der Waals surface area contributed by atoms with E-state index in [1.807, 2.05) is 0 Å². The highest BCUT2D eigenvalue weighted by Gasteiger charge is 2.40. The van der Waals surface area contributed by atoms with Crippen LogP contribution >= 0.6 is 0 Å². The molecular formula is C40H13F11N4O. The molecule has 56 heavy (non-hydrogen) atoms. The van der Waals surface area contributed by atoms with Crippen molar-refractivity contribution in [2.75, 3.05) is 0 Å². The number of hydrogen-bond acceptors (Lipinski definition) is 3. The second-order valence-electron chi connectivity index (χ2n) is 12.4. The zero-order valence-electron chi connectivity index (χ0n) is 27.7. The molecule has 5 nitrogen and oxygen atoms in total. The first-order valence-corrected chi connectivity index (χ1v) is 15.7. The molecular weight excluding hydrogens is 761 g/mol. The summed E-state index contributed by atoms with van der Waals surface area (Å²) >= 11 is 0. The topological polar surface area (TPSA) is 65.5 Å². The molecule has 0 spiro atoms. The Morgan fingerprint density at radius 1 is 0.571 bits per heavy atom. The lowest BCUT2D eigenvalue weighted by atomic mass is 9.90. The van der Waals surface area contributed by atoms with Gasteiger partial charge < -0.3 is 4.74 Å². The van der Waals surface area contributed by atoms with Crippen molar-refractivity contribution in [1.82, 2.24) is 0 Å². The summed E-state index contributed by atoms with van der Waals surface area (Å²) in [5, 5.41) is 20.0. The fourth-order valence-corrected chi connectivity index (χ4v) is 7.48. The van der Waals surface area contributed by atoms with Crippen LogP contribution < -0.4 is 15.2 Å². The molecule has 0 atom stereocenters. The zero-order chi connectivity index (χ0) is 40.7. The number of fused-ring (bicyclic) bond motifs is 6. The van der Waals surface area contributed by atoms with Crippen LogP contribution in [0, 0.1) is 89.3 Å². The number of hydrogen-bond donors (Lipinski definition) is 0. The molecule has 5 aromatic rings. The van der Waals surface area contributed by atoms with Crippen molar-refractivity contribution in [3.8, 4) is 62.4 Å². The lowest BCUT2D eigenvalue weighted by Gasteiger charge is -2.16. The lowest BCUT2D eigenvalue weighted by molar-refractivity contribution is -0.276. The third kappa shape index (κ3) is 5.18. The van der Waals surface area contributed by atoms with Gasteiger partial charge in [0.15, 0.2) is 34.9 Å². The number of alkyl halides is 3. The highest BCUT2D eigenvalue weighted by atomic mass is 19.4. The SMILES string of the molecule is [C-]#[N+]/C(C#N)=c1\c2c(/c(=C(/C#N)[N+]#[C-])c3c1Cc1c(-c4c(F)c(F)c(OC(F)(F)F)c(F)c4F)cccc1-3)-c1cccc(-c3c(F)c(F)c(C)c(F)c3F)c1C2. The molecule has 0 N–H and O–H groups in total. The van der Waals surface area contributed by atoms with Crippen molar-refractivity contribution in [3.05, 3.63) is 144 Å². The number of benzene rings is 5. The predicted octanol–water partition coefficient (Wildman–Crippen LogP) is 9.58. The van der Waals surface area contributed by atoms with Crippen molar-refractivity contribution >= 4 is 11.4 Å². The second-order valence-corrected chi connectivity index (χ2v) is 12.4. The molecule has 0 unspecified atom stereocenters. The van der Waals surface area contributed by atoms with Gasteiger partial charge >= 0.3 is 6.36 Å². The van der Waals surface area contributed by atoms with Crippen LogP contribution in [0.25, 0.3) is 65.6 Å². The van der Waals surface area contributed by atoms with Crippen LogP contribution in [0.3, 0.4) is 0 Å². The first kappa shape index (κ1) is 37.2. The van der Waals surface area contributed by atoms with Gasteiger partial charge in [-0.05, 0) is 80.6 Å². The van der Waals surface area contributed by atoms with Gasteiger partial charge in [-0.3, -0.25) is 0 Å². The number of nitriles is 2. The van der Waals surface area contributed by atoms with Crippen LogP contribution in [0.4, 0.5) is 48.3 Å². The molecule has 0 saturated carbocycles.